The van der Waals surface area contributed by atoms with Crippen molar-refractivity contribution in [2.24, 2.45) is 0 Å². The molecule has 0 aromatic carbocycles. The molecule has 0 atom stereocenters. The first-order valence-corrected chi connectivity index (χ1v) is 5.40. The van der Waals surface area contributed by atoms with E-state index >= 15 is 0 Å². The van der Waals surface area contributed by atoms with E-state index in [-0.39, 0.29) is 10.4 Å². The molecule has 0 fully saturated rings. The Kier molecular flexibility index (Phi) is 2.27. The third-order valence-corrected chi connectivity index (χ3v) is 2.62. The Morgan fingerprint density at radius 1 is 1.29 bits per heavy atom. The molecule has 3 rings (SSSR count). The van der Waals surface area contributed by atoms with Gasteiger partial charge in [-0.15, -0.1) is 0 Å². The molecule has 0 spiro atoms. The number of hydrogen-bond acceptors (Lipinski definition) is 5. The van der Waals surface area contributed by atoms with Gasteiger partial charge in [-0.1, -0.05) is 16.8 Å². The number of rotatable bonds is 1. The third kappa shape index (κ3) is 1.65. The fraction of sp³-hybridized carbons (Fsp3) is 0.111. The van der Waals surface area contributed by atoms with Crippen molar-refractivity contribution in [2.75, 3.05) is 0 Å². The number of imidazole rings is 1. The average molecular weight is 270 g/mol. The molecule has 0 aliphatic heterocycles. The molecule has 0 aliphatic carbocycles. The lowest BCUT2D eigenvalue weighted by molar-refractivity contribution is 0.395. The number of fused-ring (bicyclic) bond motifs is 1. The van der Waals surface area contributed by atoms with Gasteiger partial charge in [-0.05, 0) is 18.5 Å². The van der Waals surface area contributed by atoms with Crippen LogP contribution in [0.4, 0.5) is 0 Å². The molecule has 0 saturated carbocycles. The van der Waals surface area contributed by atoms with Crippen LogP contribution < -0.4 is 0 Å². The van der Waals surface area contributed by atoms with Gasteiger partial charge in [-0.2, -0.15) is 4.98 Å². The quantitative estimate of drug-likeness (QED) is 0.501. The summed E-state index contributed by atoms with van der Waals surface area (Å²) < 4.78 is 6.62. The molecule has 0 unspecified atom stereocenters. The van der Waals surface area contributed by atoms with Gasteiger partial charge in [0.05, 0.1) is 0 Å². The van der Waals surface area contributed by atoms with Crippen molar-refractivity contribution in [2.45, 2.75) is 6.92 Å². The van der Waals surface area contributed by atoms with Crippen LogP contribution in [0.5, 0.6) is 0 Å². The Labute approximate surface area is 105 Å². The lowest BCUT2D eigenvalue weighted by Gasteiger charge is -1.97. The molecule has 6 nitrogen and oxygen atoms in total. The molecule has 0 radical (unpaired) electrons. The lowest BCUT2D eigenvalue weighted by atomic mass is 10.5. The number of hydrogen-bond donors (Lipinski definition) is 0. The first kappa shape index (κ1) is 10.5. The first-order valence-electron chi connectivity index (χ1n) is 4.65. The molecule has 86 valence electrons. The first-order chi connectivity index (χ1) is 8.15. The number of nitrogens with zero attached hydrogens (tertiary/aromatic N) is 5. The summed E-state index contributed by atoms with van der Waals surface area (Å²) in [5, 5.41) is 4.14. The van der Waals surface area contributed by atoms with Crippen LogP contribution in [-0.2, 0) is 0 Å². The molecule has 3 heterocycles. The SMILES string of the molecule is Cc1cc(-n2cnc3c(Cl)nc(Cl)nc32)no1. The predicted octanol–water partition coefficient (Wildman–Crippen LogP) is 2.42. The van der Waals surface area contributed by atoms with E-state index < -0.39 is 0 Å². The highest BCUT2D eigenvalue weighted by molar-refractivity contribution is 6.35. The number of halogens is 2. The van der Waals surface area contributed by atoms with Gasteiger partial charge in [0.15, 0.2) is 16.6 Å². The molecule has 0 amide bonds. The van der Waals surface area contributed by atoms with E-state index in [1.54, 1.807) is 23.9 Å². The summed E-state index contributed by atoms with van der Waals surface area (Å²) in [6.45, 7) is 1.80. The maximum Gasteiger partial charge on any atom is 0.225 e. The zero-order valence-corrected chi connectivity index (χ0v) is 10.1. The van der Waals surface area contributed by atoms with Gasteiger partial charge in [0.2, 0.25) is 5.28 Å². The van der Waals surface area contributed by atoms with E-state index in [0.717, 1.165) is 0 Å². The van der Waals surface area contributed by atoms with Gasteiger partial charge in [0.25, 0.3) is 0 Å². The number of aromatic nitrogens is 5. The largest absolute Gasteiger partial charge is 0.360 e. The monoisotopic (exact) mass is 269 g/mol. The second-order valence-corrected chi connectivity index (χ2v) is 4.06. The second kappa shape index (κ2) is 3.68. The average Bonchev–Trinajstić information content (AvgIpc) is 2.83. The van der Waals surface area contributed by atoms with Gasteiger partial charge < -0.3 is 4.52 Å². The van der Waals surface area contributed by atoms with Gasteiger partial charge in [-0.3, -0.25) is 4.57 Å². The van der Waals surface area contributed by atoms with E-state index in [1.165, 1.54) is 0 Å². The Bertz CT molecular complexity index is 705. The van der Waals surface area contributed by atoms with Gasteiger partial charge in [0, 0.05) is 6.07 Å². The van der Waals surface area contributed by atoms with E-state index in [2.05, 4.69) is 20.1 Å². The third-order valence-electron chi connectivity index (χ3n) is 2.19. The summed E-state index contributed by atoms with van der Waals surface area (Å²) in [6.07, 6.45) is 1.54. The lowest BCUT2D eigenvalue weighted by Crippen LogP contribution is -1.95. The highest BCUT2D eigenvalue weighted by Crippen LogP contribution is 2.22. The Morgan fingerprint density at radius 2 is 2.12 bits per heavy atom. The smallest absolute Gasteiger partial charge is 0.225 e. The van der Waals surface area contributed by atoms with Crippen molar-refractivity contribution in [1.82, 2.24) is 24.7 Å². The minimum atomic E-state index is 0.0597. The van der Waals surface area contributed by atoms with Crippen LogP contribution in [0.15, 0.2) is 16.9 Å². The molecule has 3 aromatic heterocycles. The van der Waals surface area contributed by atoms with Crippen molar-refractivity contribution in [3.05, 3.63) is 28.6 Å². The van der Waals surface area contributed by atoms with Gasteiger partial charge in [-0.25, -0.2) is 9.97 Å². The molecule has 0 N–H and O–H groups in total. The van der Waals surface area contributed by atoms with Crippen molar-refractivity contribution in [3.8, 4) is 5.82 Å². The summed E-state index contributed by atoms with van der Waals surface area (Å²) in [7, 11) is 0. The van der Waals surface area contributed by atoms with E-state index in [4.69, 9.17) is 27.7 Å². The van der Waals surface area contributed by atoms with E-state index in [0.29, 0.717) is 22.7 Å². The minimum absolute atomic E-state index is 0.0597. The molecule has 17 heavy (non-hydrogen) atoms. The van der Waals surface area contributed by atoms with Gasteiger partial charge in [0.1, 0.15) is 17.6 Å². The van der Waals surface area contributed by atoms with Crippen LogP contribution in [0.25, 0.3) is 17.0 Å². The van der Waals surface area contributed by atoms with Crippen LogP contribution in [0.3, 0.4) is 0 Å². The predicted molar refractivity (Wildman–Crippen MR) is 61.5 cm³/mol. The van der Waals surface area contributed by atoms with Crippen LogP contribution in [0.1, 0.15) is 5.76 Å². The Morgan fingerprint density at radius 3 is 2.82 bits per heavy atom. The molecule has 0 saturated heterocycles. The fourth-order valence-corrected chi connectivity index (χ4v) is 1.90. The molecule has 8 heteroatoms. The Balaban J connectivity index is 2.31. The molecular weight excluding hydrogens is 265 g/mol. The van der Waals surface area contributed by atoms with Crippen LogP contribution in [0, 0.1) is 6.92 Å². The molecular formula is C9H5Cl2N5O. The maximum absolute atomic E-state index is 5.91. The summed E-state index contributed by atoms with van der Waals surface area (Å²) in [5.74, 6) is 1.25. The Hall–Kier alpha value is -1.66. The minimum Gasteiger partial charge on any atom is -0.360 e. The molecule has 0 bridgehead atoms. The van der Waals surface area contributed by atoms with Crippen LogP contribution in [-0.4, -0.2) is 24.7 Å². The molecule has 3 aromatic rings. The van der Waals surface area contributed by atoms with Crippen molar-refractivity contribution in [1.29, 1.82) is 0 Å². The van der Waals surface area contributed by atoms with Crippen molar-refractivity contribution < 1.29 is 4.52 Å². The summed E-state index contributed by atoms with van der Waals surface area (Å²) in [5.41, 5.74) is 0.958. The summed E-state index contributed by atoms with van der Waals surface area (Å²) in [4.78, 5) is 12.0. The van der Waals surface area contributed by atoms with Gasteiger partial charge >= 0.3 is 0 Å². The maximum atomic E-state index is 5.91. The highest BCUT2D eigenvalue weighted by atomic mass is 35.5. The normalized spacial score (nSPS) is 11.2. The summed E-state index contributed by atoms with van der Waals surface area (Å²) >= 11 is 11.7. The van der Waals surface area contributed by atoms with E-state index in [1.807, 2.05) is 0 Å². The zero-order valence-electron chi connectivity index (χ0n) is 8.55. The zero-order chi connectivity index (χ0) is 12.0. The standard InChI is InChI=1S/C9H5Cl2N5O/c1-4-2-5(15-17-4)16-3-12-6-7(10)13-9(11)14-8(6)16/h2-3H,1H3. The molecule has 0 aliphatic rings. The summed E-state index contributed by atoms with van der Waals surface area (Å²) in [6, 6.07) is 1.75. The topological polar surface area (TPSA) is 69.6 Å². The van der Waals surface area contributed by atoms with Crippen molar-refractivity contribution in [3.63, 3.8) is 0 Å². The van der Waals surface area contributed by atoms with Crippen molar-refractivity contribution >= 4 is 34.4 Å². The van der Waals surface area contributed by atoms with Crippen LogP contribution in [0.2, 0.25) is 10.4 Å². The highest BCUT2D eigenvalue weighted by Gasteiger charge is 2.14. The number of aryl methyl sites for hydroxylation is 1. The fourth-order valence-electron chi connectivity index (χ4n) is 1.48. The van der Waals surface area contributed by atoms with E-state index in [9.17, 15) is 0 Å². The second-order valence-electron chi connectivity index (χ2n) is 3.37. The van der Waals surface area contributed by atoms with Crippen LogP contribution >= 0.6 is 23.2 Å².